The first-order valence-electron chi connectivity index (χ1n) is 5.97. The van der Waals surface area contributed by atoms with Crippen LogP contribution in [0.1, 0.15) is 25.5 Å². The third kappa shape index (κ3) is 4.26. The van der Waals surface area contributed by atoms with Gasteiger partial charge in [-0.2, -0.15) is 0 Å². The second-order valence-corrected chi connectivity index (χ2v) is 4.05. The van der Waals surface area contributed by atoms with E-state index in [0.29, 0.717) is 5.56 Å². The summed E-state index contributed by atoms with van der Waals surface area (Å²) < 4.78 is 4.67. The van der Waals surface area contributed by atoms with Gasteiger partial charge in [-0.25, -0.2) is 4.79 Å². The molecule has 1 aromatic rings. The molecule has 0 saturated heterocycles. The maximum absolute atomic E-state index is 11.7. The van der Waals surface area contributed by atoms with E-state index in [9.17, 15) is 14.7 Å². The molecule has 104 valence electrons. The van der Waals surface area contributed by atoms with E-state index in [4.69, 9.17) is 5.73 Å². The van der Waals surface area contributed by atoms with Gasteiger partial charge in [0.25, 0.3) is 0 Å². The van der Waals surface area contributed by atoms with Gasteiger partial charge in [0, 0.05) is 0 Å². The standard InChI is InChI=1S/C13H18N2O4/c1-3-19-13(18)11(14)12(17)15-8(2)9-5-4-6-10(16)7-9/h4-8,11,16H,3,14H2,1-2H3,(H,15,17). The Morgan fingerprint density at radius 1 is 1.47 bits per heavy atom. The first-order chi connectivity index (χ1) is 8.95. The number of nitrogens with one attached hydrogen (secondary N) is 1. The van der Waals surface area contributed by atoms with E-state index in [0.717, 1.165) is 0 Å². The molecule has 0 aliphatic carbocycles. The molecule has 4 N–H and O–H groups in total. The van der Waals surface area contributed by atoms with Gasteiger partial charge in [0.15, 0.2) is 6.04 Å². The van der Waals surface area contributed by atoms with Crippen molar-refractivity contribution < 1.29 is 19.4 Å². The van der Waals surface area contributed by atoms with E-state index < -0.39 is 17.9 Å². The molecule has 0 aliphatic rings. The number of ether oxygens (including phenoxy) is 1. The zero-order chi connectivity index (χ0) is 14.4. The van der Waals surface area contributed by atoms with Crippen LogP contribution in [0.3, 0.4) is 0 Å². The number of amides is 1. The van der Waals surface area contributed by atoms with Crippen molar-refractivity contribution in [3.63, 3.8) is 0 Å². The van der Waals surface area contributed by atoms with Gasteiger partial charge in [0.05, 0.1) is 12.6 Å². The molecular formula is C13H18N2O4. The van der Waals surface area contributed by atoms with Crippen molar-refractivity contribution in [2.24, 2.45) is 5.73 Å². The van der Waals surface area contributed by atoms with E-state index in [1.165, 1.54) is 12.1 Å². The Morgan fingerprint density at radius 2 is 2.16 bits per heavy atom. The Kier molecular flexibility index (Phi) is 5.32. The Morgan fingerprint density at radius 3 is 2.74 bits per heavy atom. The smallest absolute Gasteiger partial charge is 0.332 e. The number of benzene rings is 1. The first kappa shape index (κ1) is 15.0. The normalized spacial score (nSPS) is 13.4. The summed E-state index contributed by atoms with van der Waals surface area (Å²) in [6, 6.07) is 4.75. The molecule has 0 fully saturated rings. The molecule has 2 atom stereocenters. The van der Waals surface area contributed by atoms with Crippen LogP contribution in [-0.4, -0.2) is 29.6 Å². The van der Waals surface area contributed by atoms with E-state index in [-0.39, 0.29) is 18.4 Å². The highest BCUT2D eigenvalue weighted by Crippen LogP contribution is 2.17. The van der Waals surface area contributed by atoms with E-state index in [2.05, 4.69) is 10.1 Å². The average molecular weight is 266 g/mol. The van der Waals surface area contributed by atoms with Crippen molar-refractivity contribution in [2.75, 3.05) is 6.61 Å². The predicted octanol–water partition coefficient (Wildman–Crippen LogP) is 0.460. The van der Waals surface area contributed by atoms with Crippen LogP contribution >= 0.6 is 0 Å². The monoisotopic (exact) mass is 266 g/mol. The highest BCUT2D eigenvalue weighted by molar-refractivity contribution is 6.01. The molecule has 6 nitrogen and oxygen atoms in total. The largest absolute Gasteiger partial charge is 0.508 e. The minimum Gasteiger partial charge on any atom is -0.508 e. The van der Waals surface area contributed by atoms with Gasteiger partial charge >= 0.3 is 5.97 Å². The van der Waals surface area contributed by atoms with Crippen molar-refractivity contribution in [3.05, 3.63) is 29.8 Å². The van der Waals surface area contributed by atoms with Crippen molar-refractivity contribution in [3.8, 4) is 5.75 Å². The highest BCUT2D eigenvalue weighted by Gasteiger charge is 2.24. The lowest BCUT2D eigenvalue weighted by Crippen LogP contribution is -2.47. The molecule has 0 radical (unpaired) electrons. The molecule has 0 aliphatic heterocycles. The number of rotatable bonds is 5. The molecule has 1 rings (SSSR count). The minimum atomic E-state index is -1.35. The lowest BCUT2D eigenvalue weighted by atomic mass is 10.1. The van der Waals surface area contributed by atoms with Gasteiger partial charge in [0.1, 0.15) is 5.75 Å². The minimum absolute atomic E-state index is 0.105. The maximum Gasteiger partial charge on any atom is 0.332 e. The van der Waals surface area contributed by atoms with Gasteiger partial charge in [-0.1, -0.05) is 12.1 Å². The van der Waals surface area contributed by atoms with Crippen molar-refractivity contribution in [1.82, 2.24) is 5.32 Å². The quantitative estimate of drug-likeness (QED) is 0.531. The molecule has 0 aromatic heterocycles. The fourth-order valence-corrected chi connectivity index (χ4v) is 1.52. The summed E-state index contributed by atoms with van der Waals surface area (Å²) in [5.41, 5.74) is 6.18. The third-order valence-corrected chi connectivity index (χ3v) is 2.55. The van der Waals surface area contributed by atoms with Crippen LogP contribution in [0, 0.1) is 0 Å². The van der Waals surface area contributed by atoms with E-state index in [1.54, 1.807) is 26.0 Å². The Balaban J connectivity index is 2.64. The molecule has 6 heteroatoms. The molecular weight excluding hydrogens is 248 g/mol. The number of hydrogen-bond acceptors (Lipinski definition) is 5. The van der Waals surface area contributed by atoms with Crippen LogP contribution in [0.15, 0.2) is 24.3 Å². The summed E-state index contributed by atoms with van der Waals surface area (Å²) in [6.45, 7) is 3.53. The number of carbonyl (C=O) groups excluding carboxylic acids is 2. The van der Waals surface area contributed by atoms with Crippen molar-refractivity contribution >= 4 is 11.9 Å². The van der Waals surface area contributed by atoms with Crippen LogP contribution in [-0.2, 0) is 14.3 Å². The number of esters is 1. The van der Waals surface area contributed by atoms with Crippen molar-refractivity contribution in [2.45, 2.75) is 25.9 Å². The summed E-state index contributed by atoms with van der Waals surface area (Å²) in [5, 5.41) is 11.9. The van der Waals surface area contributed by atoms with Gasteiger partial charge in [-0.05, 0) is 31.5 Å². The fourth-order valence-electron chi connectivity index (χ4n) is 1.52. The summed E-state index contributed by atoms with van der Waals surface area (Å²) >= 11 is 0. The average Bonchev–Trinajstić information content (AvgIpc) is 2.37. The van der Waals surface area contributed by atoms with Crippen LogP contribution in [0.5, 0.6) is 5.75 Å². The summed E-state index contributed by atoms with van der Waals surface area (Å²) in [6.07, 6.45) is 0. The molecule has 0 heterocycles. The SMILES string of the molecule is CCOC(=O)C(N)C(=O)NC(C)c1cccc(O)c1. The predicted molar refractivity (Wildman–Crippen MR) is 69.3 cm³/mol. The number of nitrogens with two attached hydrogens (primary N) is 1. The molecule has 2 unspecified atom stereocenters. The van der Waals surface area contributed by atoms with Crippen LogP contribution in [0.4, 0.5) is 0 Å². The number of hydrogen-bond donors (Lipinski definition) is 3. The summed E-state index contributed by atoms with van der Waals surface area (Å²) in [7, 11) is 0. The topological polar surface area (TPSA) is 102 Å². The molecule has 0 bridgehead atoms. The lowest BCUT2D eigenvalue weighted by Gasteiger charge is -2.17. The Bertz CT molecular complexity index is 462. The zero-order valence-electron chi connectivity index (χ0n) is 10.9. The second-order valence-electron chi connectivity index (χ2n) is 4.05. The van der Waals surface area contributed by atoms with Gasteiger partial charge < -0.3 is 20.9 Å². The molecule has 1 aromatic carbocycles. The number of phenols is 1. The van der Waals surface area contributed by atoms with Crippen LogP contribution in [0.25, 0.3) is 0 Å². The van der Waals surface area contributed by atoms with Gasteiger partial charge in [0.2, 0.25) is 5.91 Å². The van der Waals surface area contributed by atoms with Gasteiger partial charge in [-0.15, -0.1) is 0 Å². The summed E-state index contributed by atoms with van der Waals surface area (Å²) in [4.78, 5) is 23.0. The number of phenolic OH excluding ortho intramolecular Hbond substituents is 1. The summed E-state index contributed by atoms with van der Waals surface area (Å²) in [5.74, 6) is -1.27. The molecule has 0 spiro atoms. The second kappa shape index (κ2) is 6.75. The third-order valence-electron chi connectivity index (χ3n) is 2.55. The Labute approximate surface area is 111 Å². The molecule has 0 saturated carbocycles. The zero-order valence-corrected chi connectivity index (χ0v) is 10.9. The van der Waals surface area contributed by atoms with E-state index >= 15 is 0 Å². The molecule has 1 amide bonds. The first-order valence-corrected chi connectivity index (χ1v) is 5.97. The van der Waals surface area contributed by atoms with Gasteiger partial charge in [-0.3, -0.25) is 4.79 Å². The highest BCUT2D eigenvalue weighted by atomic mass is 16.5. The van der Waals surface area contributed by atoms with E-state index in [1.807, 2.05) is 0 Å². The lowest BCUT2D eigenvalue weighted by molar-refractivity contribution is -0.148. The Hall–Kier alpha value is -2.08. The van der Waals surface area contributed by atoms with Crippen molar-refractivity contribution in [1.29, 1.82) is 0 Å². The number of aromatic hydroxyl groups is 1. The maximum atomic E-state index is 11.7. The number of carbonyl (C=O) groups is 2. The van der Waals surface area contributed by atoms with Crippen LogP contribution in [0.2, 0.25) is 0 Å². The molecule has 19 heavy (non-hydrogen) atoms. The fraction of sp³-hybridized carbons (Fsp3) is 0.385. The van der Waals surface area contributed by atoms with Crippen LogP contribution < -0.4 is 11.1 Å².